The minimum atomic E-state index is -0.472. The van der Waals surface area contributed by atoms with E-state index < -0.39 is 5.82 Å². The number of benzene rings is 2. The maximum Gasteiger partial charge on any atom is 0.257 e. The number of aromatic nitrogens is 2. The van der Waals surface area contributed by atoms with E-state index in [9.17, 15) is 14.3 Å². The molecule has 1 amide bonds. The fraction of sp³-hybridized carbons (Fsp3) is 0.360. The largest absolute Gasteiger partial charge is 0.507 e. The molecule has 5 rings (SSSR count). The van der Waals surface area contributed by atoms with Gasteiger partial charge in [-0.05, 0) is 69.0 Å². The number of aromatic hydroxyl groups is 1. The SMILES string of the molecule is Cc1cc(C2CC3(C2)CN(C(=O)c2cc(F)c(C)cc2O)C3)n(-c2ccccc2C)n1. The summed E-state index contributed by atoms with van der Waals surface area (Å²) in [6.07, 6.45) is 2.00. The van der Waals surface area contributed by atoms with Gasteiger partial charge in [-0.2, -0.15) is 5.10 Å². The summed E-state index contributed by atoms with van der Waals surface area (Å²) in [5, 5.41) is 14.8. The second-order valence-corrected chi connectivity index (χ2v) is 9.29. The number of rotatable bonds is 3. The molecule has 1 spiro atoms. The van der Waals surface area contributed by atoms with Crippen molar-refractivity contribution in [2.45, 2.75) is 39.5 Å². The average Bonchev–Trinajstić information content (AvgIpc) is 3.03. The number of phenols is 1. The second kappa shape index (κ2) is 6.94. The minimum Gasteiger partial charge on any atom is -0.507 e. The van der Waals surface area contributed by atoms with Gasteiger partial charge in [0.25, 0.3) is 5.91 Å². The molecular weight excluding hydrogens is 393 g/mol. The number of hydrogen-bond acceptors (Lipinski definition) is 3. The summed E-state index contributed by atoms with van der Waals surface area (Å²) in [6, 6.07) is 12.9. The van der Waals surface area contributed by atoms with E-state index in [1.165, 1.54) is 17.3 Å². The molecule has 0 radical (unpaired) electrons. The standard InChI is InChI=1S/C25H26FN3O2/c1-15-6-4-5-7-21(15)29-22(9-17(3)27-29)18-11-25(12-18)13-28(14-25)24(31)19-10-20(26)16(2)8-23(19)30/h4-10,18,30H,11-14H2,1-3H3. The van der Waals surface area contributed by atoms with Crippen LogP contribution in [0.4, 0.5) is 4.39 Å². The Morgan fingerprint density at radius 2 is 1.81 bits per heavy atom. The zero-order valence-electron chi connectivity index (χ0n) is 18.0. The topological polar surface area (TPSA) is 58.4 Å². The highest BCUT2D eigenvalue weighted by Crippen LogP contribution is 2.56. The first-order valence-electron chi connectivity index (χ1n) is 10.7. The van der Waals surface area contributed by atoms with Crippen LogP contribution in [0.3, 0.4) is 0 Å². The molecule has 3 aromatic rings. The van der Waals surface area contributed by atoms with E-state index in [1.807, 2.05) is 19.1 Å². The highest BCUT2D eigenvalue weighted by Gasteiger charge is 2.54. The molecule has 1 saturated carbocycles. The summed E-state index contributed by atoms with van der Waals surface area (Å²) in [5.74, 6) is -0.525. The maximum absolute atomic E-state index is 13.9. The number of carbonyl (C=O) groups is 1. The van der Waals surface area contributed by atoms with Gasteiger partial charge in [0.15, 0.2) is 0 Å². The molecule has 0 bridgehead atoms. The molecule has 1 aromatic heterocycles. The average molecular weight is 420 g/mol. The van der Waals surface area contributed by atoms with Crippen molar-refractivity contribution in [3.63, 3.8) is 0 Å². The number of hydrogen-bond donors (Lipinski definition) is 1. The van der Waals surface area contributed by atoms with Gasteiger partial charge >= 0.3 is 0 Å². The summed E-state index contributed by atoms with van der Waals surface area (Å²) < 4.78 is 16.0. The van der Waals surface area contributed by atoms with E-state index >= 15 is 0 Å². The third-order valence-electron chi connectivity index (χ3n) is 6.83. The van der Waals surface area contributed by atoms with Crippen molar-refractivity contribution in [3.05, 3.63) is 76.4 Å². The van der Waals surface area contributed by atoms with Gasteiger partial charge < -0.3 is 10.0 Å². The molecule has 2 aliphatic rings. The van der Waals surface area contributed by atoms with Crippen LogP contribution in [-0.2, 0) is 0 Å². The lowest BCUT2D eigenvalue weighted by atomic mass is 9.57. The van der Waals surface area contributed by atoms with Crippen LogP contribution in [0, 0.1) is 32.0 Å². The Morgan fingerprint density at radius 1 is 1.10 bits per heavy atom. The molecule has 0 unspecified atom stereocenters. The van der Waals surface area contributed by atoms with Crippen molar-refractivity contribution >= 4 is 5.91 Å². The molecule has 160 valence electrons. The third-order valence-corrected chi connectivity index (χ3v) is 6.83. The van der Waals surface area contributed by atoms with Crippen molar-refractivity contribution in [1.82, 2.24) is 14.7 Å². The fourth-order valence-corrected chi connectivity index (χ4v) is 5.17. The van der Waals surface area contributed by atoms with Gasteiger partial charge in [-0.3, -0.25) is 4.79 Å². The lowest BCUT2D eigenvalue weighted by molar-refractivity contribution is -0.0566. The summed E-state index contributed by atoms with van der Waals surface area (Å²) >= 11 is 0. The van der Waals surface area contributed by atoms with E-state index in [4.69, 9.17) is 5.10 Å². The number of carbonyl (C=O) groups excluding carboxylic acids is 1. The minimum absolute atomic E-state index is 0.0436. The molecule has 31 heavy (non-hydrogen) atoms. The number of likely N-dealkylation sites (tertiary alicyclic amines) is 1. The summed E-state index contributed by atoms with van der Waals surface area (Å²) in [6.45, 7) is 6.98. The number of phenolic OH excluding ortho intramolecular Hbond substituents is 1. The highest BCUT2D eigenvalue weighted by molar-refractivity contribution is 5.97. The van der Waals surface area contributed by atoms with Crippen LogP contribution < -0.4 is 0 Å². The van der Waals surface area contributed by atoms with Crippen molar-refractivity contribution in [1.29, 1.82) is 0 Å². The Kier molecular flexibility index (Phi) is 4.43. The number of nitrogens with zero attached hydrogens (tertiary/aromatic N) is 3. The van der Waals surface area contributed by atoms with Crippen LogP contribution >= 0.6 is 0 Å². The van der Waals surface area contributed by atoms with Crippen LogP contribution in [0.2, 0.25) is 0 Å². The number of halogens is 1. The van der Waals surface area contributed by atoms with Gasteiger partial charge in [0, 0.05) is 30.1 Å². The molecule has 6 heteroatoms. The molecule has 2 fully saturated rings. The molecule has 1 aliphatic heterocycles. The third kappa shape index (κ3) is 3.21. The van der Waals surface area contributed by atoms with E-state index in [0.29, 0.717) is 24.6 Å². The van der Waals surface area contributed by atoms with Gasteiger partial charge in [-0.25, -0.2) is 9.07 Å². The molecule has 1 saturated heterocycles. The number of amides is 1. The van der Waals surface area contributed by atoms with Crippen LogP contribution in [0.5, 0.6) is 5.75 Å². The first kappa shape index (κ1) is 19.8. The Hall–Kier alpha value is -3.15. The Morgan fingerprint density at radius 3 is 2.52 bits per heavy atom. The lowest BCUT2D eigenvalue weighted by Gasteiger charge is -2.59. The van der Waals surface area contributed by atoms with Gasteiger partial charge in [0.2, 0.25) is 0 Å². The lowest BCUT2D eigenvalue weighted by Crippen LogP contribution is -2.63. The van der Waals surface area contributed by atoms with E-state index in [-0.39, 0.29) is 22.6 Å². The van der Waals surface area contributed by atoms with E-state index in [1.54, 1.807) is 11.8 Å². The number of para-hydroxylation sites is 1. The van der Waals surface area contributed by atoms with E-state index in [0.717, 1.165) is 30.3 Å². The summed E-state index contributed by atoms with van der Waals surface area (Å²) in [5.41, 5.74) is 5.01. The Bertz CT molecular complexity index is 1190. The fourth-order valence-electron chi connectivity index (χ4n) is 5.17. The molecule has 1 N–H and O–H groups in total. The van der Waals surface area contributed by atoms with Crippen molar-refractivity contribution in [2.24, 2.45) is 5.41 Å². The van der Waals surface area contributed by atoms with Crippen LogP contribution in [0.1, 0.15) is 51.6 Å². The first-order chi connectivity index (χ1) is 14.8. The van der Waals surface area contributed by atoms with Gasteiger partial charge in [-0.15, -0.1) is 0 Å². The molecule has 5 nitrogen and oxygen atoms in total. The molecular formula is C25H26FN3O2. The smallest absolute Gasteiger partial charge is 0.257 e. The Labute approximate surface area is 181 Å². The quantitative estimate of drug-likeness (QED) is 0.672. The number of aryl methyl sites for hydroxylation is 3. The predicted molar refractivity (Wildman–Crippen MR) is 116 cm³/mol. The van der Waals surface area contributed by atoms with Crippen molar-refractivity contribution in [2.75, 3.05) is 13.1 Å². The zero-order valence-corrected chi connectivity index (χ0v) is 18.0. The van der Waals surface area contributed by atoms with Crippen molar-refractivity contribution in [3.8, 4) is 11.4 Å². The normalized spacial score (nSPS) is 17.5. The highest BCUT2D eigenvalue weighted by atomic mass is 19.1. The van der Waals surface area contributed by atoms with Crippen LogP contribution in [-0.4, -0.2) is 38.8 Å². The summed E-state index contributed by atoms with van der Waals surface area (Å²) in [7, 11) is 0. The van der Waals surface area contributed by atoms with E-state index in [2.05, 4.69) is 29.8 Å². The first-order valence-corrected chi connectivity index (χ1v) is 10.7. The molecule has 1 aliphatic carbocycles. The second-order valence-electron chi connectivity index (χ2n) is 9.29. The maximum atomic E-state index is 13.9. The van der Waals surface area contributed by atoms with Crippen LogP contribution in [0.15, 0.2) is 42.5 Å². The van der Waals surface area contributed by atoms with Crippen LogP contribution in [0.25, 0.3) is 5.69 Å². The van der Waals surface area contributed by atoms with Crippen molar-refractivity contribution < 1.29 is 14.3 Å². The zero-order chi connectivity index (χ0) is 21.9. The molecule has 2 aromatic carbocycles. The Balaban J connectivity index is 1.29. The monoisotopic (exact) mass is 419 g/mol. The van der Waals surface area contributed by atoms with Gasteiger partial charge in [0.05, 0.1) is 16.9 Å². The van der Waals surface area contributed by atoms with Gasteiger partial charge in [0.1, 0.15) is 11.6 Å². The predicted octanol–water partition coefficient (Wildman–Crippen LogP) is 4.66. The van der Waals surface area contributed by atoms with Gasteiger partial charge in [-0.1, -0.05) is 18.2 Å². The summed E-state index contributed by atoms with van der Waals surface area (Å²) in [4.78, 5) is 14.5. The molecule has 2 heterocycles. The molecule has 0 atom stereocenters.